The van der Waals surface area contributed by atoms with Crippen molar-refractivity contribution in [2.24, 2.45) is 5.92 Å². The van der Waals surface area contributed by atoms with Crippen molar-refractivity contribution in [2.45, 2.75) is 19.4 Å². The van der Waals surface area contributed by atoms with Crippen molar-refractivity contribution in [2.75, 3.05) is 18.0 Å². The van der Waals surface area contributed by atoms with Crippen LogP contribution in [-0.2, 0) is 6.54 Å². The van der Waals surface area contributed by atoms with Gasteiger partial charge in [0.2, 0.25) is 0 Å². The van der Waals surface area contributed by atoms with E-state index in [1.807, 2.05) is 23.0 Å². The maximum absolute atomic E-state index is 11.0. The molecule has 0 spiro atoms. The highest BCUT2D eigenvalue weighted by molar-refractivity contribution is 5.85. The fourth-order valence-electron chi connectivity index (χ4n) is 2.74. The lowest BCUT2D eigenvalue weighted by Crippen LogP contribution is -2.35. The third kappa shape index (κ3) is 3.21. The Morgan fingerprint density at radius 1 is 1.29 bits per heavy atom. The Morgan fingerprint density at radius 3 is 2.76 bits per heavy atom. The first-order chi connectivity index (χ1) is 10.2. The summed E-state index contributed by atoms with van der Waals surface area (Å²) >= 11 is 0. The molecular weight excluding hydrogens is 268 g/mol. The van der Waals surface area contributed by atoms with Gasteiger partial charge in [-0.2, -0.15) is 5.10 Å². The molecule has 1 aliphatic rings. The number of carboxylic acid groups (broad SMARTS) is 1. The molecule has 1 fully saturated rings. The van der Waals surface area contributed by atoms with Crippen LogP contribution in [0.1, 0.15) is 23.3 Å². The molecule has 110 valence electrons. The van der Waals surface area contributed by atoms with Crippen LogP contribution in [0.5, 0.6) is 0 Å². The number of carbonyl (C=O) groups is 1. The van der Waals surface area contributed by atoms with Gasteiger partial charge in [0.1, 0.15) is 5.82 Å². The molecule has 0 radical (unpaired) electrons. The van der Waals surface area contributed by atoms with Crippen molar-refractivity contribution >= 4 is 11.8 Å². The van der Waals surface area contributed by atoms with E-state index in [1.54, 1.807) is 12.3 Å². The van der Waals surface area contributed by atoms with Crippen LogP contribution in [0.3, 0.4) is 0 Å². The van der Waals surface area contributed by atoms with Gasteiger partial charge in [-0.05, 0) is 37.0 Å². The molecule has 0 aromatic carbocycles. The lowest BCUT2D eigenvalue weighted by molar-refractivity contribution is 0.0690. The van der Waals surface area contributed by atoms with E-state index < -0.39 is 5.97 Å². The molecule has 3 rings (SSSR count). The second kappa shape index (κ2) is 5.95. The van der Waals surface area contributed by atoms with Crippen LogP contribution in [0, 0.1) is 5.92 Å². The first-order valence-corrected chi connectivity index (χ1v) is 7.15. The lowest BCUT2D eigenvalue weighted by atomic mass is 9.97. The molecule has 2 aromatic rings. The molecule has 0 atom stereocenters. The van der Waals surface area contributed by atoms with Gasteiger partial charge in [0.25, 0.3) is 0 Å². The Morgan fingerprint density at radius 2 is 2.10 bits per heavy atom. The normalized spacial score (nSPS) is 16.1. The van der Waals surface area contributed by atoms with Crippen LogP contribution in [0.25, 0.3) is 0 Å². The highest BCUT2D eigenvalue weighted by Crippen LogP contribution is 2.23. The number of rotatable bonds is 4. The molecule has 2 aromatic heterocycles. The van der Waals surface area contributed by atoms with Gasteiger partial charge in [0, 0.05) is 32.0 Å². The molecule has 0 aliphatic carbocycles. The predicted molar refractivity (Wildman–Crippen MR) is 78.4 cm³/mol. The maximum atomic E-state index is 11.0. The number of pyridine rings is 1. The van der Waals surface area contributed by atoms with Gasteiger partial charge in [0.15, 0.2) is 5.69 Å². The lowest BCUT2D eigenvalue weighted by Gasteiger charge is -2.32. The number of piperidine rings is 1. The Kier molecular flexibility index (Phi) is 3.85. The molecule has 0 saturated carbocycles. The smallest absolute Gasteiger partial charge is 0.354 e. The van der Waals surface area contributed by atoms with Crippen LogP contribution in [0.15, 0.2) is 36.7 Å². The van der Waals surface area contributed by atoms with Gasteiger partial charge in [-0.3, -0.25) is 4.68 Å². The van der Waals surface area contributed by atoms with Crippen LogP contribution in [-0.4, -0.2) is 38.9 Å². The first-order valence-electron chi connectivity index (χ1n) is 7.15. The molecule has 3 heterocycles. The minimum atomic E-state index is -0.981. The Balaban J connectivity index is 1.60. The van der Waals surface area contributed by atoms with E-state index in [9.17, 15) is 4.79 Å². The number of hydrogen-bond acceptors (Lipinski definition) is 4. The van der Waals surface area contributed by atoms with E-state index in [0.717, 1.165) is 38.3 Å². The summed E-state index contributed by atoms with van der Waals surface area (Å²) in [5.74, 6) is 0.390. The average molecular weight is 286 g/mol. The molecule has 1 N–H and O–H groups in total. The summed E-state index contributed by atoms with van der Waals surface area (Å²) in [5, 5.41) is 13.2. The zero-order valence-electron chi connectivity index (χ0n) is 11.7. The maximum Gasteiger partial charge on any atom is 0.354 e. The number of carboxylic acids is 1. The minimum Gasteiger partial charge on any atom is -0.477 e. The Bertz CT molecular complexity index is 604. The largest absolute Gasteiger partial charge is 0.477 e. The van der Waals surface area contributed by atoms with E-state index in [1.165, 1.54) is 6.07 Å². The number of aromatic nitrogens is 3. The van der Waals surface area contributed by atoms with Crippen molar-refractivity contribution in [1.82, 2.24) is 14.8 Å². The topological polar surface area (TPSA) is 71.2 Å². The van der Waals surface area contributed by atoms with E-state index in [2.05, 4.69) is 15.0 Å². The van der Waals surface area contributed by atoms with Gasteiger partial charge in [0.05, 0.1) is 0 Å². The fraction of sp³-hybridized carbons (Fsp3) is 0.400. The molecule has 1 aliphatic heterocycles. The third-order valence-electron chi connectivity index (χ3n) is 3.90. The predicted octanol–water partition coefficient (Wildman–Crippen LogP) is 1.89. The Labute approximate surface area is 123 Å². The highest BCUT2D eigenvalue weighted by atomic mass is 16.4. The summed E-state index contributed by atoms with van der Waals surface area (Å²) in [6.45, 7) is 2.76. The summed E-state index contributed by atoms with van der Waals surface area (Å²) in [6, 6.07) is 7.09. The highest BCUT2D eigenvalue weighted by Gasteiger charge is 2.21. The molecule has 0 amide bonds. The van der Waals surface area contributed by atoms with Crippen molar-refractivity contribution in [1.29, 1.82) is 0 Å². The zero-order chi connectivity index (χ0) is 14.7. The van der Waals surface area contributed by atoms with Crippen LogP contribution < -0.4 is 4.90 Å². The van der Waals surface area contributed by atoms with Crippen LogP contribution in [0.2, 0.25) is 0 Å². The second-order valence-corrected chi connectivity index (χ2v) is 5.34. The van der Waals surface area contributed by atoms with Crippen LogP contribution >= 0.6 is 0 Å². The minimum absolute atomic E-state index is 0.103. The molecule has 6 heteroatoms. The molecule has 0 bridgehead atoms. The average Bonchev–Trinajstić information content (AvgIpc) is 3.01. The summed E-state index contributed by atoms with van der Waals surface area (Å²) in [5.41, 5.74) is 0.103. The van der Waals surface area contributed by atoms with Crippen molar-refractivity contribution in [3.63, 3.8) is 0 Å². The van der Waals surface area contributed by atoms with Gasteiger partial charge < -0.3 is 10.0 Å². The van der Waals surface area contributed by atoms with E-state index >= 15 is 0 Å². The number of aromatic carboxylic acids is 1. The molecule has 6 nitrogen and oxygen atoms in total. The SMILES string of the molecule is O=C(O)c1cccc(N2CCC(Cn3cccn3)CC2)n1. The first kappa shape index (κ1) is 13.6. The van der Waals surface area contributed by atoms with Gasteiger partial charge in [-0.25, -0.2) is 9.78 Å². The summed E-state index contributed by atoms with van der Waals surface area (Å²) in [4.78, 5) is 17.3. The monoisotopic (exact) mass is 286 g/mol. The third-order valence-corrected chi connectivity index (χ3v) is 3.90. The standard InChI is InChI=1S/C15H18N4O2/c20-15(21)13-3-1-4-14(17-13)18-9-5-12(6-10-18)11-19-8-2-7-16-19/h1-4,7-8,12H,5-6,9-11H2,(H,20,21). The van der Waals surface area contributed by atoms with Crippen molar-refractivity contribution in [3.05, 3.63) is 42.4 Å². The summed E-state index contributed by atoms with van der Waals surface area (Å²) < 4.78 is 1.98. The van der Waals surface area contributed by atoms with Crippen LogP contribution in [0.4, 0.5) is 5.82 Å². The summed E-state index contributed by atoms with van der Waals surface area (Å²) in [6.07, 6.45) is 5.93. The number of anilines is 1. The second-order valence-electron chi connectivity index (χ2n) is 5.34. The fourth-order valence-corrected chi connectivity index (χ4v) is 2.74. The van der Waals surface area contributed by atoms with E-state index in [-0.39, 0.29) is 5.69 Å². The summed E-state index contributed by atoms with van der Waals surface area (Å²) in [7, 11) is 0. The van der Waals surface area contributed by atoms with Crippen molar-refractivity contribution < 1.29 is 9.90 Å². The van der Waals surface area contributed by atoms with E-state index in [0.29, 0.717) is 5.92 Å². The van der Waals surface area contributed by atoms with Gasteiger partial charge >= 0.3 is 5.97 Å². The Hall–Kier alpha value is -2.37. The zero-order valence-corrected chi connectivity index (χ0v) is 11.7. The molecular formula is C15H18N4O2. The van der Waals surface area contributed by atoms with Gasteiger partial charge in [-0.1, -0.05) is 6.07 Å². The molecule has 0 unspecified atom stereocenters. The molecule has 1 saturated heterocycles. The van der Waals surface area contributed by atoms with Crippen molar-refractivity contribution in [3.8, 4) is 0 Å². The van der Waals surface area contributed by atoms with Gasteiger partial charge in [-0.15, -0.1) is 0 Å². The molecule has 21 heavy (non-hydrogen) atoms. The quantitative estimate of drug-likeness (QED) is 0.929. The number of nitrogens with zero attached hydrogens (tertiary/aromatic N) is 4. The number of hydrogen-bond donors (Lipinski definition) is 1. The van der Waals surface area contributed by atoms with E-state index in [4.69, 9.17) is 5.11 Å².